The number of rotatable bonds is 5. The van der Waals surface area contributed by atoms with Gasteiger partial charge in [-0.25, -0.2) is 13.1 Å². The number of aromatic amines is 1. The van der Waals surface area contributed by atoms with E-state index in [9.17, 15) is 18.0 Å². The fourth-order valence-corrected chi connectivity index (χ4v) is 3.35. The van der Waals surface area contributed by atoms with Gasteiger partial charge in [-0.15, -0.1) is 0 Å². The molecule has 3 N–H and O–H groups in total. The summed E-state index contributed by atoms with van der Waals surface area (Å²) in [6.45, 7) is 4.06. The summed E-state index contributed by atoms with van der Waals surface area (Å²) in [5, 5.41) is 2.85. The van der Waals surface area contributed by atoms with Crippen LogP contribution in [0.5, 0.6) is 0 Å². The Morgan fingerprint density at radius 1 is 1.11 bits per heavy atom. The molecule has 2 aromatic rings. The predicted molar refractivity (Wildman–Crippen MR) is 105 cm³/mol. The number of benzene rings is 1. The van der Waals surface area contributed by atoms with Gasteiger partial charge >= 0.3 is 0 Å². The molecule has 2 amide bonds. The fraction of sp³-hybridized carbons (Fsp3) is 0.333. The van der Waals surface area contributed by atoms with E-state index < -0.39 is 15.9 Å². The predicted octanol–water partition coefficient (Wildman–Crippen LogP) is 1.10. The smallest absolute Gasteiger partial charge is 0.272 e. The molecule has 10 heteroatoms. The topological polar surface area (TPSA) is 121 Å². The molecule has 0 atom stereocenters. The number of H-pyrrole nitrogens is 1. The number of anilines is 2. The molecule has 1 aromatic carbocycles. The largest absolute Gasteiger partial charge is 0.378 e. The van der Waals surface area contributed by atoms with Crippen LogP contribution in [-0.2, 0) is 14.8 Å². The lowest BCUT2D eigenvalue weighted by atomic mass is 10.1. The van der Waals surface area contributed by atoms with E-state index in [1.807, 2.05) is 16.5 Å². The Morgan fingerprint density at radius 2 is 1.82 bits per heavy atom. The van der Waals surface area contributed by atoms with E-state index in [2.05, 4.69) is 10.3 Å². The SMILES string of the molecule is Cc1ccc(C(=O)Nc2ccc(C(=O)NS(C)(=O)=O)cc2N2CCOCC2)[nH]1. The zero-order chi connectivity index (χ0) is 20.3. The molecule has 0 saturated carbocycles. The van der Waals surface area contributed by atoms with E-state index in [0.29, 0.717) is 43.4 Å². The number of ether oxygens (including phenoxy) is 1. The highest BCUT2D eigenvalue weighted by Gasteiger charge is 2.20. The summed E-state index contributed by atoms with van der Waals surface area (Å²) in [7, 11) is -3.68. The van der Waals surface area contributed by atoms with Gasteiger partial charge in [-0.05, 0) is 37.3 Å². The third kappa shape index (κ3) is 4.90. The Bertz CT molecular complexity index is 993. The first-order chi connectivity index (χ1) is 13.2. The molecular weight excluding hydrogens is 384 g/mol. The molecule has 1 aromatic heterocycles. The molecule has 1 fully saturated rings. The van der Waals surface area contributed by atoms with Crippen molar-refractivity contribution in [3.63, 3.8) is 0 Å². The zero-order valence-electron chi connectivity index (χ0n) is 15.6. The molecule has 0 radical (unpaired) electrons. The molecule has 3 rings (SSSR count). The Labute approximate surface area is 163 Å². The molecule has 1 aliphatic heterocycles. The second-order valence-corrected chi connectivity index (χ2v) is 8.29. The normalized spacial score (nSPS) is 14.6. The number of morpholine rings is 1. The fourth-order valence-electron chi connectivity index (χ4n) is 2.90. The van der Waals surface area contributed by atoms with Crippen molar-refractivity contribution in [3.8, 4) is 0 Å². The van der Waals surface area contributed by atoms with Gasteiger partial charge in [0.15, 0.2) is 0 Å². The lowest BCUT2D eigenvalue weighted by molar-refractivity contribution is 0.0980. The summed E-state index contributed by atoms with van der Waals surface area (Å²) < 4.78 is 30.0. The van der Waals surface area contributed by atoms with Gasteiger partial charge in [-0.1, -0.05) is 0 Å². The molecule has 1 saturated heterocycles. The average Bonchev–Trinajstić information content (AvgIpc) is 3.08. The molecule has 0 bridgehead atoms. The number of nitrogens with zero attached hydrogens (tertiary/aromatic N) is 1. The van der Waals surface area contributed by atoms with E-state index in [0.717, 1.165) is 11.9 Å². The highest BCUT2D eigenvalue weighted by Crippen LogP contribution is 2.29. The number of aromatic nitrogens is 1. The van der Waals surface area contributed by atoms with Gasteiger partial charge in [-0.3, -0.25) is 9.59 Å². The van der Waals surface area contributed by atoms with Crippen molar-refractivity contribution in [1.82, 2.24) is 9.71 Å². The van der Waals surface area contributed by atoms with Crippen LogP contribution in [0, 0.1) is 6.92 Å². The summed E-state index contributed by atoms with van der Waals surface area (Å²) in [5.41, 5.74) is 2.62. The van der Waals surface area contributed by atoms with Crippen LogP contribution in [0.2, 0.25) is 0 Å². The van der Waals surface area contributed by atoms with Crippen LogP contribution >= 0.6 is 0 Å². The minimum absolute atomic E-state index is 0.181. The first kappa shape index (κ1) is 19.9. The number of carbonyl (C=O) groups excluding carboxylic acids is 2. The number of hydrogen-bond donors (Lipinski definition) is 3. The maximum Gasteiger partial charge on any atom is 0.272 e. The number of sulfonamides is 1. The van der Waals surface area contributed by atoms with Crippen LogP contribution in [0.1, 0.15) is 26.5 Å². The van der Waals surface area contributed by atoms with E-state index in [4.69, 9.17) is 4.74 Å². The van der Waals surface area contributed by atoms with Gasteiger partial charge in [0.25, 0.3) is 11.8 Å². The summed E-state index contributed by atoms with van der Waals surface area (Å²) in [4.78, 5) is 29.7. The maximum absolute atomic E-state index is 12.5. The average molecular weight is 406 g/mol. The first-order valence-corrected chi connectivity index (χ1v) is 10.6. The molecule has 9 nitrogen and oxygen atoms in total. The lowest BCUT2D eigenvalue weighted by Crippen LogP contribution is -2.37. The van der Waals surface area contributed by atoms with Crippen molar-refractivity contribution in [1.29, 1.82) is 0 Å². The molecule has 28 heavy (non-hydrogen) atoms. The minimum Gasteiger partial charge on any atom is -0.378 e. The lowest BCUT2D eigenvalue weighted by Gasteiger charge is -2.31. The second-order valence-electron chi connectivity index (χ2n) is 6.54. The number of aryl methyl sites for hydroxylation is 1. The maximum atomic E-state index is 12.5. The van der Waals surface area contributed by atoms with Gasteiger partial charge in [0.1, 0.15) is 5.69 Å². The minimum atomic E-state index is -3.68. The molecule has 0 spiro atoms. The molecule has 2 heterocycles. The highest BCUT2D eigenvalue weighted by atomic mass is 32.2. The monoisotopic (exact) mass is 406 g/mol. The Hall–Kier alpha value is -2.85. The molecule has 0 aliphatic carbocycles. The van der Waals surface area contributed by atoms with Crippen molar-refractivity contribution < 1.29 is 22.7 Å². The van der Waals surface area contributed by atoms with Gasteiger partial charge in [0, 0.05) is 24.3 Å². The Balaban J connectivity index is 1.91. The van der Waals surface area contributed by atoms with E-state index in [-0.39, 0.29) is 11.5 Å². The van der Waals surface area contributed by atoms with Crippen LogP contribution in [-0.4, -0.2) is 57.8 Å². The third-order valence-electron chi connectivity index (χ3n) is 4.21. The van der Waals surface area contributed by atoms with Crippen molar-refractivity contribution in [2.75, 3.05) is 42.8 Å². The van der Waals surface area contributed by atoms with Crippen molar-refractivity contribution in [3.05, 3.63) is 47.3 Å². The Kier molecular flexibility index (Phi) is 5.71. The summed E-state index contributed by atoms with van der Waals surface area (Å²) in [5.74, 6) is -1.04. The first-order valence-electron chi connectivity index (χ1n) is 8.69. The van der Waals surface area contributed by atoms with Gasteiger partial charge < -0.3 is 19.9 Å². The highest BCUT2D eigenvalue weighted by molar-refractivity contribution is 7.89. The zero-order valence-corrected chi connectivity index (χ0v) is 16.4. The molecule has 1 aliphatic rings. The number of amides is 2. The number of nitrogens with one attached hydrogen (secondary N) is 3. The number of carbonyl (C=O) groups is 2. The van der Waals surface area contributed by atoms with Crippen LogP contribution < -0.4 is 14.9 Å². The van der Waals surface area contributed by atoms with E-state index in [1.165, 1.54) is 6.07 Å². The van der Waals surface area contributed by atoms with Gasteiger partial charge in [0.2, 0.25) is 10.0 Å². The van der Waals surface area contributed by atoms with E-state index in [1.54, 1.807) is 24.3 Å². The van der Waals surface area contributed by atoms with Crippen LogP contribution in [0.4, 0.5) is 11.4 Å². The number of hydrogen-bond acceptors (Lipinski definition) is 6. The summed E-state index contributed by atoms with van der Waals surface area (Å²) in [6.07, 6.45) is 0.917. The van der Waals surface area contributed by atoms with E-state index >= 15 is 0 Å². The van der Waals surface area contributed by atoms with Gasteiger partial charge in [-0.2, -0.15) is 0 Å². The van der Waals surface area contributed by atoms with Crippen LogP contribution in [0.3, 0.4) is 0 Å². The second kappa shape index (κ2) is 8.03. The molecule has 150 valence electrons. The quantitative estimate of drug-likeness (QED) is 0.684. The van der Waals surface area contributed by atoms with Crippen molar-refractivity contribution >= 4 is 33.2 Å². The Morgan fingerprint density at radius 3 is 2.43 bits per heavy atom. The summed E-state index contributed by atoms with van der Waals surface area (Å²) >= 11 is 0. The summed E-state index contributed by atoms with van der Waals surface area (Å²) in [6, 6.07) is 8.13. The van der Waals surface area contributed by atoms with Crippen molar-refractivity contribution in [2.24, 2.45) is 0 Å². The molecular formula is C18H22N4O5S. The van der Waals surface area contributed by atoms with Crippen LogP contribution in [0.15, 0.2) is 30.3 Å². The van der Waals surface area contributed by atoms with Crippen molar-refractivity contribution in [2.45, 2.75) is 6.92 Å². The third-order valence-corrected chi connectivity index (χ3v) is 4.77. The standard InChI is InChI=1S/C18H22N4O5S/c1-12-3-5-15(19-12)18(24)20-14-6-4-13(17(23)21-28(2,25)26)11-16(14)22-7-9-27-10-8-22/h3-6,11,19H,7-10H2,1-2H3,(H,20,24)(H,21,23). The molecule has 0 unspecified atom stereocenters. The van der Waals surface area contributed by atoms with Gasteiger partial charge in [0.05, 0.1) is 30.8 Å². The van der Waals surface area contributed by atoms with Crippen LogP contribution in [0.25, 0.3) is 0 Å².